The fraction of sp³-hybridized carbons (Fsp3) is 0.353. The van der Waals surface area contributed by atoms with E-state index in [1.807, 2.05) is 6.92 Å². The fourth-order valence-corrected chi connectivity index (χ4v) is 2.76. The molecule has 1 aliphatic heterocycles. The molecule has 27 heavy (non-hydrogen) atoms. The van der Waals surface area contributed by atoms with Gasteiger partial charge in [-0.15, -0.1) is 0 Å². The van der Waals surface area contributed by atoms with Crippen molar-refractivity contribution in [3.05, 3.63) is 41.6 Å². The third-order valence-electron chi connectivity index (χ3n) is 4.01. The van der Waals surface area contributed by atoms with Gasteiger partial charge in [-0.05, 0) is 43.7 Å². The summed E-state index contributed by atoms with van der Waals surface area (Å²) in [6.45, 7) is 3.85. The first-order valence-corrected chi connectivity index (χ1v) is 8.15. The highest BCUT2D eigenvalue weighted by Gasteiger charge is 2.62. The minimum Gasteiger partial charge on any atom is -0.494 e. The molecule has 10 heteroatoms. The van der Waals surface area contributed by atoms with E-state index in [9.17, 15) is 18.3 Å². The van der Waals surface area contributed by atoms with Crippen molar-refractivity contribution in [1.29, 1.82) is 0 Å². The Morgan fingerprint density at radius 2 is 1.93 bits per heavy atom. The smallest absolute Gasteiger partial charge is 0.438 e. The molecule has 144 valence electrons. The topological polar surface area (TPSA) is 96.9 Å². The van der Waals surface area contributed by atoms with Crippen LogP contribution in [-0.4, -0.2) is 39.3 Å². The van der Waals surface area contributed by atoms with E-state index in [1.54, 1.807) is 31.2 Å². The van der Waals surface area contributed by atoms with E-state index in [1.165, 1.54) is 6.07 Å². The zero-order valence-electron chi connectivity index (χ0n) is 14.7. The largest absolute Gasteiger partial charge is 0.494 e. The number of aliphatic hydroxyl groups is 1. The van der Waals surface area contributed by atoms with Gasteiger partial charge < -0.3 is 15.6 Å². The highest BCUT2D eigenvalue weighted by atomic mass is 19.4. The van der Waals surface area contributed by atoms with E-state index in [-0.39, 0.29) is 17.5 Å². The lowest BCUT2D eigenvalue weighted by Crippen LogP contribution is -2.55. The van der Waals surface area contributed by atoms with Gasteiger partial charge in [-0.2, -0.15) is 23.3 Å². The van der Waals surface area contributed by atoms with Crippen LogP contribution in [0.2, 0.25) is 0 Å². The van der Waals surface area contributed by atoms with E-state index in [0.29, 0.717) is 28.6 Å². The number of hydrogen-bond donors (Lipinski definition) is 2. The Hall–Kier alpha value is -2.88. The van der Waals surface area contributed by atoms with Crippen molar-refractivity contribution in [1.82, 2.24) is 9.97 Å². The Morgan fingerprint density at radius 1 is 1.26 bits per heavy atom. The Morgan fingerprint density at radius 3 is 2.48 bits per heavy atom. The SMILES string of the molecule is CCOc1ccc(C2=NN(c3cc(C)nc(N)n3)[C@@](O)(C(F)(F)F)C2)cc1. The van der Waals surface area contributed by atoms with Gasteiger partial charge in [-0.3, -0.25) is 0 Å². The molecule has 0 saturated carbocycles. The monoisotopic (exact) mass is 381 g/mol. The molecule has 0 spiro atoms. The molecular weight excluding hydrogens is 363 g/mol. The molecule has 0 unspecified atom stereocenters. The number of ether oxygens (including phenoxy) is 1. The summed E-state index contributed by atoms with van der Waals surface area (Å²) in [5.41, 5.74) is 3.15. The summed E-state index contributed by atoms with van der Waals surface area (Å²) in [5.74, 6) is 0.141. The average Bonchev–Trinajstić information content (AvgIpc) is 2.94. The van der Waals surface area contributed by atoms with Crippen LogP contribution in [-0.2, 0) is 0 Å². The van der Waals surface area contributed by atoms with Crippen molar-refractivity contribution in [2.45, 2.75) is 32.2 Å². The third-order valence-corrected chi connectivity index (χ3v) is 4.01. The number of nitrogens with zero attached hydrogens (tertiary/aromatic N) is 4. The van der Waals surface area contributed by atoms with E-state index in [4.69, 9.17) is 10.5 Å². The number of halogens is 3. The Kier molecular flexibility index (Phi) is 4.68. The number of nitrogens with two attached hydrogens (primary N) is 1. The normalized spacial score (nSPS) is 19.9. The van der Waals surface area contributed by atoms with Crippen LogP contribution >= 0.6 is 0 Å². The van der Waals surface area contributed by atoms with Crippen LogP contribution in [0.4, 0.5) is 24.9 Å². The van der Waals surface area contributed by atoms with E-state index in [0.717, 1.165) is 0 Å². The molecule has 2 heterocycles. The standard InChI is InChI=1S/C17H18F3N5O2/c1-3-27-12-6-4-11(5-7-12)13-9-16(26,17(18,19)20)25(24-13)14-8-10(2)22-15(21)23-14/h4-8,26H,3,9H2,1-2H3,(H2,21,22,23)/t16-/m0/s1. The summed E-state index contributed by atoms with van der Waals surface area (Å²) in [5, 5.41) is 14.9. The maximum Gasteiger partial charge on any atom is 0.438 e. The Bertz CT molecular complexity index is 850. The Balaban J connectivity index is 2.04. The van der Waals surface area contributed by atoms with Crippen LogP contribution in [0.25, 0.3) is 0 Å². The Labute approximate surface area is 153 Å². The van der Waals surface area contributed by atoms with Gasteiger partial charge in [0.1, 0.15) is 5.75 Å². The first-order valence-electron chi connectivity index (χ1n) is 8.15. The third kappa shape index (κ3) is 3.52. The maximum atomic E-state index is 13.7. The molecule has 0 radical (unpaired) electrons. The zero-order valence-corrected chi connectivity index (χ0v) is 14.7. The van der Waals surface area contributed by atoms with Crippen molar-refractivity contribution < 1.29 is 23.0 Å². The zero-order chi connectivity index (χ0) is 19.8. The van der Waals surface area contributed by atoms with Gasteiger partial charge in [0.25, 0.3) is 5.72 Å². The number of hydrazone groups is 1. The van der Waals surface area contributed by atoms with Gasteiger partial charge in [-0.1, -0.05) is 0 Å². The van der Waals surface area contributed by atoms with Crippen LogP contribution in [0.15, 0.2) is 35.4 Å². The number of benzene rings is 1. The van der Waals surface area contributed by atoms with E-state index >= 15 is 0 Å². The lowest BCUT2D eigenvalue weighted by Gasteiger charge is -2.33. The van der Waals surface area contributed by atoms with Gasteiger partial charge >= 0.3 is 6.18 Å². The van der Waals surface area contributed by atoms with Crippen molar-refractivity contribution in [2.75, 3.05) is 17.3 Å². The maximum absolute atomic E-state index is 13.7. The lowest BCUT2D eigenvalue weighted by atomic mass is 10.0. The quantitative estimate of drug-likeness (QED) is 0.845. The van der Waals surface area contributed by atoms with Gasteiger partial charge in [0.2, 0.25) is 5.95 Å². The first-order chi connectivity index (χ1) is 12.6. The van der Waals surface area contributed by atoms with Crippen LogP contribution in [0.3, 0.4) is 0 Å². The van der Waals surface area contributed by atoms with Crippen LogP contribution < -0.4 is 15.5 Å². The number of hydrogen-bond acceptors (Lipinski definition) is 7. The number of alkyl halides is 3. The molecule has 2 aromatic rings. The van der Waals surface area contributed by atoms with Gasteiger partial charge in [-0.25, -0.2) is 9.99 Å². The van der Waals surface area contributed by atoms with Gasteiger partial charge in [0.15, 0.2) is 5.82 Å². The second kappa shape index (κ2) is 6.69. The predicted octanol–water partition coefficient (Wildman–Crippen LogP) is 2.63. The minimum absolute atomic E-state index is 0.0627. The second-order valence-electron chi connectivity index (χ2n) is 6.03. The molecule has 1 aromatic carbocycles. The molecule has 0 aliphatic carbocycles. The predicted molar refractivity (Wildman–Crippen MR) is 93.4 cm³/mol. The summed E-state index contributed by atoms with van der Waals surface area (Å²) in [4.78, 5) is 7.63. The van der Waals surface area contributed by atoms with Crippen molar-refractivity contribution in [2.24, 2.45) is 5.10 Å². The lowest BCUT2D eigenvalue weighted by molar-refractivity contribution is -0.254. The summed E-state index contributed by atoms with van der Waals surface area (Å²) < 4.78 is 46.4. The molecule has 1 atom stereocenters. The van der Waals surface area contributed by atoms with Crippen molar-refractivity contribution in [3.63, 3.8) is 0 Å². The van der Waals surface area contributed by atoms with Crippen LogP contribution in [0.1, 0.15) is 24.6 Å². The molecule has 0 amide bonds. The number of anilines is 2. The first kappa shape index (κ1) is 18.9. The highest BCUT2D eigenvalue weighted by molar-refractivity contribution is 6.03. The number of aromatic nitrogens is 2. The summed E-state index contributed by atoms with van der Waals surface area (Å²) in [7, 11) is 0. The summed E-state index contributed by atoms with van der Waals surface area (Å²) in [6, 6.07) is 7.71. The fourth-order valence-electron chi connectivity index (χ4n) is 2.76. The molecule has 1 aromatic heterocycles. The van der Waals surface area contributed by atoms with Crippen LogP contribution in [0, 0.1) is 6.92 Å². The average molecular weight is 381 g/mol. The van der Waals surface area contributed by atoms with Crippen molar-refractivity contribution in [3.8, 4) is 5.75 Å². The summed E-state index contributed by atoms with van der Waals surface area (Å²) >= 11 is 0. The molecule has 7 nitrogen and oxygen atoms in total. The number of rotatable bonds is 4. The molecule has 0 fully saturated rings. The van der Waals surface area contributed by atoms with E-state index < -0.39 is 18.3 Å². The van der Waals surface area contributed by atoms with Crippen LogP contribution in [0.5, 0.6) is 5.75 Å². The van der Waals surface area contributed by atoms with Gasteiger partial charge in [0, 0.05) is 11.8 Å². The number of nitrogen functional groups attached to an aromatic ring is 1. The summed E-state index contributed by atoms with van der Waals surface area (Å²) in [6.07, 6.45) is -5.73. The number of aryl methyl sites for hydroxylation is 1. The molecule has 0 bridgehead atoms. The second-order valence-corrected chi connectivity index (χ2v) is 6.03. The van der Waals surface area contributed by atoms with Gasteiger partial charge in [0.05, 0.1) is 18.7 Å². The molecular formula is C17H18F3N5O2. The molecule has 0 saturated heterocycles. The highest BCUT2D eigenvalue weighted by Crippen LogP contribution is 2.43. The van der Waals surface area contributed by atoms with Crippen molar-refractivity contribution >= 4 is 17.5 Å². The minimum atomic E-state index is -4.98. The molecule has 1 aliphatic rings. The van der Waals surface area contributed by atoms with E-state index in [2.05, 4.69) is 15.1 Å². The molecule has 3 rings (SSSR count). The molecule has 3 N–H and O–H groups in total.